The molecule has 0 aliphatic rings. The molecule has 6 heteroatoms. The number of amides is 1. The third kappa shape index (κ3) is 5.96. The van der Waals surface area contributed by atoms with Gasteiger partial charge in [0.2, 0.25) is 0 Å². The zero-order chi connectivity index (χ0) is 22.1. The maximum absolute atomic E-state index is 12.8. The van der Waals surface area contributed by atoms with Gasteiger partial charge in [0.1, 0.15) is 12.4 Å². The minimum Gasteiger partial charge on any atom is -0.482 e. The molecule has 3 aromatic carbocycles. The Hall–Kier alpha value is -4.06. The van der Waals surface area contributed by atoms with Crippen molar-refractivity contribution in [3.63, 3.8) is 0 Å². The third-order valence-corrected chi connectivity index (χ3v) is 4.49. The van der Waals surface area contributed by atoms with Crippen LogP contribution in [-0.2, 0) is 9.53 Å². The minimum absolute atomic E-state index is 0.0780. The number of aliphatic carboxylic acids is 1. The number of carbonyl (C=O) groups is 2. The normalized spacial score (nSPS) is 10.6. The summed E-state index contributed by atoms with van der Waals surface area (Å²) >= 11 is 0. The predicted molar refractivity (Wildman–Crippen MR) is 120 cm³/mol. The van der Waals surface area contributed by atoms with E-state index in [1.54, 1.807) is 18.2 Å². The van der Waals surface area contributed by atoms with Crippen molar-refractivity contribution in [3.05, 3.63) is 96.1 Å². The summed E-state index contributed by atoms with van der Waals surface area (Å²) in [4.78, 5) is 25.0. The summed E-state index contributed by atoms with van der Waals surface area (Å²) in [7, 11) is 0. The Morgan fingerprint density at radius 1 is 0.903 bits per heavy atom. The van der Waals surface area contributed by atoms with Gasteiger partial charge in [-0.15, -0.1) is 0 Å². The number of hydrogen-bond acceptors (Lipinski definition) is 4. The molecule has 0 aliphatic heterocycles. The van der Waals surface area contributed by atoms with Crippen LogP contribution in [0.1, 0.15) is 11.1 Å². The average molecular weight is 417 g/mol. The molecule has 1 N–H and O–H groups in total. The third-order valence-electron chi connectivity index (χ3n) is 4.49. The standard InChI is InChI=1S/C25H23NO5/c1-19-20(10-8-16-23(19)31-18-24(27)28)11-9-17-30-25(29)26(21-12-4-2-5-13-21)22-14-6-3-7-15-22/h2-16H,17-18H2,1H3,(H,27,28). The minimum atomic E-state index is -1.03. The Morgan fingerprint density at radius 2 is 1.52 bits per heavy atom. The van der Waals surface area contributed by atoms with Crippen molar-refractivity contribution in [2.45, 2.75) is 6.92 Å². The van der Waals surface area contributed by atoms with Crippen LogP contribution in [-0.4, -0.2) is 30.4 Å². The molecule has 0 saturated carbocycles. The number of nitrogens with zero attached hydrogens (tertiary/aromatic N) is 1. The van der Waals surface area contributed by atoms with E-state index < -0.39 is 18.7 Å². The Balaban J connectivity index is 1.67. The van der Waals surface area contributed by atoms with Gasteiger partial charge < -0.3 is 14.6 Å². The maximum atomic E-state index is 12.8. The highest BCUT2D eigenvalue weighted by Crippen LogP contribution is 2.26. The molecule has 0 saturated heterocycles. The average Bonchev–Trinajstić information content (AvgIpc) is 2.78. The fourth-order valence-corrected chi connectivity index (χ4v) is 2.98. The predicted octanol–water partition coefficient (Wildman–Crippen LogP) is 5.45. The van der Waals surface area contributed by atoms with E-state index in [1.165, 1.54) is 4.90 Å². The van der Waals surface area contributed by atoms with Gasteiger partial charge in [0.05, 0.1) is 11.4 Å². The molecule has 0 atom stereocenters. The lowest BCUT2D eigenvalue weighted by Gasteiger charge is -2.22. The Bertz CT molecular complexity index is 1010. The summed E-state index contributed by atoms with van der Waals surface area (Å²) in [6.07, 6.45) is 3.05. The number of benzene rings is 3. The molecule has 1 amide bonds. The molecule has 3 aromatic rings. The summed E-state index contributed by atoms with van der Waals surface area (Å²) in [6, 6.07) is 24.0. The lowest BCUT2D eigenvalue weighted by atomic mass is 10.1. The van der Waals surface area contributed by atoms with Crippen molar-refractivity contribution in [2.75, 3.05) is 18.1 Å². The van der Waals surface area contributed by atoms with Gasteiger partial charge in [0, 0.05) is 0 Å². The van der Waals surface area contributed by atoms with E-state index in [4.69, 9.17) is 14.6 Å². The number of rotatable bonds is 8. The summed E-state index contributed by atoms with van der Waals surface area (Å²) in [5.41, 5.74) is 3.08. The van der Waals surface area contributed by atoms with Crippen molar-refractivity contribution >= 4 is 29.5 Å². The Kier molecular flexibility index (Phi) is 7.43. The molecular formula is C25H23NO5. The van der Waals surface area contributed by atoms with E-state index in [0.717, 1.165) is 11.1 Å². The first kappa shape index (κ1) is 21.6. The van der Waals surface area contributed by atoms with Gasteiger partial charge in [-0.05, 0) is 54.5 Å². The number of carboxylic acids is 1. The fraction of sp³-hybridized carbons (Fsp3) is 0.120. The first-order valence-corrected chi connectivity index (χ1v) is 9.74. The number of carbonyl (C=O) groups excluding carboxylic acids is 1. The lowest BCUT2D eigenvalue weighted by molar-refractivity contribution is -0.139. The van der Waals surface area contributed by atoms with Crippen molar-refractivity contribution in [2.24, 2.45) is 0 Å². The number of ether oxygens (including phenoxy) is 2. The van der Waals surface area contributed by atoms with Crippen LogP contribution in [0.25, 0.3) is 6.08 Å². The van der Waals surface area contributed by atoms with Crippen LogP contribution in [0.4, 0.5) is 16.2 Å². The largest absolute Gasteiger partial charge is 0.482 e. The van der Waals surface area contributed by atoms with Gasteiger partial charge >= 0.3 is 12.1 Å². The van der Waals surface area contributed by atoms with Crippen LogP contribution in [0, 0.1) is 6.92 Å². The van der Waals surface area contributed by atoms with Crippen molar-refractivity contribution < 1.29 is 24.2 Å². The highest BCUT2D eigenvalue weighted by Gasteiger charge is 2.18. The molecule has 0 bridgehead atoms. The SMILES string of the molecule is Cc1c(C=CCOC(=O)N(c2ccccc2)c2ccccc2)cccc1OCC(=O)O. The molecule has 6 nitrogen and oxygen atoms in total. The molecule has 0 aliphatic carbocycles. The second-order valence-corrected chi connectivity index (χ2v) is 6.64. The van der Waals surface area contributed by atoms with Crippen LogP contribution in [0.5, 0.6) is 5.75 Å². The van der Waals surface area contributed by atoms with Crippen molar-refractivity contribution in [1.29, 1.82) is 0 Å². The van der Waals surface area contributed by atoms with E-state index in [0.29, 0.717) is 17.1 Å². The van der Waals surface area contributed by atoms with Crippen LogP contribution in [0.3, 0.4) is 0 Å². The monoisotopic (exact) mass is 417 g/mol. The first-order valence-electron chi connectivity index (χ1n) is 9.74. The maximum Gasteiger partial charge on any atom is 0.419 e. The van der Waals surface area contributed by atoms with Crippen LogP contribution >= 0.6 is 0 Å². The molecule has 158 valence electrons. The lowest BCUT2D eigenvalue weighted by Crippen LogP contribution is -2.26. The summed E-state index contributed by atoms with van der Waals surface area (Å²) in [5.74, 6) is -0.533. The quantitative estimate of drug-likeness (QED) is 0.528. The summed E-state index contributed by atoms with van der Waals surface area (Å²) in [6.45, 7) is 1.52. The molecule has 0 radical (unpaired) electrons. The van der Waals surface area contributed by atoms with Gasteiger partial charge in [0.15, 0.2) is 6.61 Å². The number of para-hydroxylation sites is 2. The summed E-state index contributed by atoms with van der Waals surface area (Å²) < 4.78 is 10.8. The van der Waals surface area contributed by atoms with E-state index in [-0.39, 0.29) is 6.61 Å². The molecular weight excluding hydrogens is 394 g/mol. The topological polar surface area (TPSA) is 76.1 Å². The molecule has 0 aromatic heterocycles. The van der Waals surface area contributed by atoms with Crippen LogP contribution < -0.4 is 9.64 Å². The Morgan fingerprint density at radius 3 is 2.10 bits per heavy atom. The second kappa shape index (κ2) is 10.6. The van der Waals surface area contributed by atoms with E-state index in [2.05, 4.69) is 0 Å². The van der Waals surface area contributed by atoms with Gasteiger partial charge in [-0.1, -0.05) is 54.6 Å². The van der Waals surface area contributed by atoms with Crippen LogP contribution in [0.2, 0.25) is 0 Å². The van der Waals surface area contributed by atoms with Crippen molar-refractivity contribution in [3.8, 4) is 5.75 Å². The van der Waals surface area contributed by atoms with Gasteiger partial charge in [-0.3, -0.25) is 0 Å². The second-order valence-electron chi connectivity index (χ2n) is 6.64. The van der Waals surface area contributed by atoms with Gasteiger partial charge in [-0.25, -0.2) is 14.5 Å². The van der Waals surface area contributed by atoms with E-state index in [1.807, 2.05) is 79.7 Å². The molecule has 0 fully saturated rings. The van der Waals surface area contributed by atoms with Crippen molar-refractivity contribution in [1.82, 2.24) is 0 Å². The van der Waals surface area contributed by atoms with Crippen LogP contribution in [0.15, 0.2) is 84.9 Å². The Labute approximate surface area is 181 Å². The fourth-order valence-electron chi connectivity index (χ4n) is 2.98. The number of carboxylic acid groups (broad SMARTS) is 1. The smallest absolute Gasteiger partial charge is 0.419 e. The molecule has 0 unspecified atom stereocenters. The molecule has 31 heavy (non-hydrogen) atoms. The van der Waals surface area contributed by atoms with Gasteiger partial charge in [0.25, 0.3) is 0 Å². The van der Waals surface area contributed by atoms with E-state index >= 15 is 0 Å². The molecule has 3 rings (SSSR count). The number of hydrogen-bond donors (Lipinski definition) is 1. The highest BCUT2D eigenvalue weighted by atomic mass is 16.6. The zero-order valence-corrected chi connectivity index (χ0v) is 17.1. The van der Waals surface area contributed by atoms with E-state index in [9.17, 15) is 9.59 Å². The van der Waals surface area contributed by atoms with Gasteiger partial charge in [-0.2, -0.15) is 0 Å². The highest BCUT2D eigenvalue weighted by molar-refractivity contribution is 5.95. The summed E-state index contributed by atoms with van der Waals surface area (Å²) in [5, 5.41) is 8.78. The molecule has 0 spiro atoms. The number of anilines is 2. The first-order chi connectivity index (χ1) is 15.1. The zero-order valence-electron chi connectivity index (χ0n) is 17.1. The molecule has 0 heterocycles.